The van der Waals surface area contributed by atoms with Crippen LogP contribution in [0.1, 0.15) is 18.1 Å². The van der Waals surface area contributed by atoms with Gasteiger partial charge in [-0.25, -0.2) is 0 Å². The molecule has 0 spiro atoms. The monoisotopic (exact) mass is 382 g/mol. The summed E-state index contributed by atoms with van der Waals surface area (Å²) in [6.45, 7) is 4.80. The van der Waals surface area contributed by atoms with E-state index in [2.05, 4.69) is 5.32 Å². The van der Waals surface area contributed by atoms with Gasteiger partial charge in [-0.3, -0.25) is 9.59 Å². The van der Waals surface area contributed by atoms with Gasteiger partial charge in [-0.2, -0.15) is 0 Å². The number of rotatable bonds is 6. The van der Waals surface area contributed by atoms with Crippen molar-refractivity contribution in [2.45, 2.75) is 20.3 Å². The number of carbonyl (C=O) groups is 2. The van der Waals surface area contributed by atoms with E-state index < -0.39 is 0 Å². The summed E-state index contributed by atoms with van der Waals surface area (Å²) >= 11 is 0. The number of likely N-dealkylation sites (N-methyl/N-ethyl adjacent to an activating group) is 1. The molecule has 148 valence electrons. The summed E-state index contributed by atoms with van der Waals surface area (Å²) in [6.07, 6.45) is 0.568. The Morgan fingerprint density at radius 1 is 1.21 bits per heavy atom. The molecule has 1 N–H and O–H groups in total. The number of aryl methyl sites for hydroxylation is 1. The summed E-state index contributed by atoms with van der Waals surface area (Å²) in [5.41, 5.74) is 2.79. The fourth-order valence-electron chi connectivity index (χ4n) is 3.23. The number of ether oxygens (including phenoxy) is 2. The van der Waals surface area contributed by atoms with Gasteiger partial charge in [-0.15, -0.1) is 0 Å². The van der Waals surface area contributed by atoms with Gasteiger partial charge in [0, 0.05) is 12.7 Å². The highest BCUT2D eigenvalue weighted by atomic mass is 16.5. The molecular formula is C22H26N2O4. The van der Waals surface area contributed by atoms with Crippen LogP contribution in [0.3, 0.4) is 0 Å². The highest BCUT2D eigenvalue weighted by Crippen LogP contribution is 2.31. The van der Waals surface area contributed by atoms with Crippen molar-refractivity contribution in [3.8, 4) is 11.5 Å². The molecule has 6 nitrogen and oxygen atoms in total. The predicted molar refractivity (Wildman–Crippen MR) is 108 cm³/mol. The molecule has 0 aliphatic carbocycles. The molecule has 1 aliphatic heterocycles. The molecule has 2 amide bonds. The van der Waals surface area contributed by atoms with E-state index in [4.69, 9.17) is 9.47 Å². The molecule has 0 bridgehead atoms. The largest absolute Gasteiger partial charge is 0.494 e. The predicted octanol–water partition coefficient (Wildman–Crippen LogP) is 3.04. The fourth-order valence-corrected chi connectivity index (χ4v) is 3.23. The number of nitrogens with one attached hydrogen (secondary N) is 1. The Balaban J connectivity index is 1.58. The van der Waals surface area contributed by atoms with Crippen molar-refractivity contribution in [3.05, 3.63) is 53.6 Å². The molecule has 2 aromatic rings. The number of amides is 2. The average Bonchev–Trinajstić information content (AvgIpc) is 2.68. The first-order chi connectivity index (χ1) is 13.5. The SMILES string of the molecule is CCOc1ccc2c(c1)CC(C(=O)N(C)CC(=O)Nc1ccc(C)cc1)CO2. The van der Waals surface area contributed by atoms with E-state index in [0.717, 1.165) is 28.3 Å². The van der Waals surface area contributed by atoms with Gasteiger partial charge in [0.1, 0.15) is 18.1 Å². The highest BCUT2D eigenvalue weighted by molar-refractivity contribution is 5.94. The number of nitrogens with zero attached hydrogens (tertiary/aromatic N) is 1. The summed E-state index contributed by atoms with van der Waals surface area (Å²) in [6, 6.07) is 13.2. The number of anilines is 1. The van der Waals surface area contributed by atoms with E-state index in [1.165, 1.54) is 4.90 Å². The zero-order valence-corrected chi connectivity index (χ0v) is 16.5. The smallest absolute Gasteiger partial charge is 0.243 e. The summed E-state index contributed by atoms with van der Waals surface area (Å²) in [7, 11) is 1.64. The van der Waals surface area contributed by atoms with Crippen LogP contribution in [0.5, 0.6) is 11.5 Å². The van der Waals surface area contributed by atoms with Crippen molar-refractivity contribution < 1.29 is 19.1 Å². The van der Waals surface area contributed by atoms with Gasteiger partial charge in [0.15, 0.2) is 0 Å². The minimum Gasteiger partial charge on any atom is -0.494 e. The van der Waals surface area contributed by atoms with E-state index in [-0.39, 0.29) is 24.3 Å². The average molecular weight is 382 g/mol. The van der Waals surface area contributed by atoms with E-state index in [1.54, 1.807) is 7.05 Å². The second kappa shape index (κ2) is 8.78. The van der Waals surface area contributed by atoms with Gasteiger partial charge in [-0.05, 0) is 56.2 Å². The molecular weight excluding hydrogens is 356 g/mol. The minimum atomic E-state index is -0.318. The maximum absolute atomic E-state index is 12.8. The second-order valence-electron chi connectivity index (χ2n) is 7.02. The lowest BCUT2D eigenvalue weighted by Gasteiger charge is -2.28. The van der Waals surface area contributed by atoms with Gasteiger partial charge in [0.25, 0.3) is 0 Å². The molecule has 0 saturated carbocycles. The first-order valence-corrected chi connectivity index (χ1v) is 9.46. The van der Waals surface area contributed by atoms with Crippen LogP contribution in [0.25, 0.3) is 0 Å². The van der Waals surface area contributed by atoms with Gasteiger partial charge < -0.3 is 19.7 Å². The third-order valence-corrected chi connectivity index (χ3v) is 4.69. The molecule has 3 rings (SSSR count). The molecule has 1 aliphatic rings. The van der Waals surface area contributed by atoms with E-state index in [1.807, 2.05) is 56.3 Å². The molecule has 0 aromatic heterocycles. The van der Waals surface area contributed by atoms with Gasteiger partial charge in [0.2, 0.25) is 11.8 Å². The van der Waals surface area contributed by atoms with E-state index in [0.29, 0.717) is 19.6 Å². The van der Waals surface area contributed by atoms with Crippen molar-refractivity contribution in [1.29, 1.82) is 0 Å². The lowest BCUT2D eigenvalue weighted by atomic mass is 9.95. The standard InChI is InChI=1S/C22H26N2O4/c1-4-27-19-9-10-20-16(12-19)11-17(14-28-20)22(26)24(3)13-21(25)23-18-7-5-15(2)6-8-18/h5-10,12,17H,4,11,13-14H2,1-3H3,(H,23,25). The van der Waals surface area contributed by atoms with Gasteiger partial charge in [0.05, 0.1) is 19.1 Å². The summed E-state index contributed by atoms with van der Waals surface area (Å²) in [5.74, 6) is 0.902. The first-order valence-electron chi connectivity index (χ1n) is 9.46. The normalized spacial score (nSPS) is 15.2. The Hall–Kier alpha value is -3.02. The van der Waals surface area contributed by atoms with Crippen LogP contribution < -0.4 is 14.8 Å². The van der Waals surface area contributed by atoms with Gasteiger partial charge in [-0.1, -0.05) is 17.7 Å². The van der Waals surface area contributed by atoms with Crippen molar-refractivity contribution >= 4 is 17.5 Å². The Kier molecular flexibility index (Phi) is 6.19. The third-order valence-electron chi connectivity index (χ3n) is 4.69. The molecule has 0 fully saturated rings. The molecule has 0 radical (unpaired) electrons. The molecule has 1 heterocycles. The van der Waals surface area contributed by atoms with Crippen LogP contribution in [-0.4, -0.2) is 43.5 Å². The fraction of sp³-hybridized carbons (Fsp3) is 0.364. The molecule has 2 aromatic carbocycles. The summed E-state index contributed by atoms with van der Waals surface area (Å²) in [5, 5.41) is 2.81. The summed E-state index contributed by atoms with van der Waals surface area (Å²) in [4.78, 5) is 26.5. The Labute approximate surface area is 165 Å². The Morgan fingerprint density at radius 2 is 1.96 bits per heavy atom. The zero-order valence-electron chi connectivity index (χ0n) is 16.5. The summed E-state index contributed by atoms with van der Waals surface area (Å²) < 4.78 is 11.3. The van der Waals surface area contributed by atoms with Crippen LogP contribution in [-0.2, 0) is 16.0 Å². The molecule has 1 atom stereocenters. The maximum atomic E-state index is 12.8. The van der Waals surface area contributed by atoms with Crippen LogP contribution in [0.4, 0.5) is 5.69 Å². The van der Waals surface area contributed by atoms with Crippen molar-refractivity contribution in [2.24, 2.45) is 5.92 Å². The van der Waals surface area contributed by atoms with Gasteiger partial charge >= 0.3 is 0 Å². The van der Waals surface area contributed by atoms with Crippen LogP contribution in [0.15, 0.2) is 42.5 Å². The maximum Gasteiger partial charge on any atom is 0.243 e. The van der Waals surface area contributed by atoms with Crippen molar-refractivity contribution in [1.82, 2.24) is 4.90 Å². The number of fused-ring (bicyclic) bond motifs is 1. The molecule has 6 heteroatoms. The van der Waals surface area contributed by atoms with Crippen LogP contribution in [0, 0.1) is 12.8 Å². The number of hydrogen-bond donors (Lipinski definition) is 1. The number of hydrogen-bond acceptors (Lipinski definition) is 4. The second-order valence-corrected chi connectivity index (χ2v) is 7.02. The van der Waals surface area contributed by atoms with E-state index >= 15 is 0 Å². The zero-order chi connectivity index (χ0) is 20.1. The van der Waals surface area contributed by atoms with E-state index in [9.17, 15) is 9.59 Å². The quantitative estimate of drug-likeness (QED) is 0.834. The first kappa shape index (κ1) is 19.7. The molecule has 28 heavy (non-hydrogen) atoms. The molecule has 1 unspecified atom stereocenters. The lowest BCUT2D eigenvalue weighted by Crippen LogP contribution is -2.42. The van der Waals surface area contributed by atoms with Crippen LogP contribution in [0.2, 0.25) is 0 Å². The Morgan fingerprint density at radius 3 is 2.68 bits per heavy atom. The Bertz CT molecular complexity index is 848. The minimum absolute atomic E-state index is 0.00491. The highest BCUT2D eigenvalue weighted by Gasteiger charge is 2.29. The van der Waals surface area contributed by atoms with Crippen molar-refractivity contribution in [2.75, 3.05) is 32.1 Å². The number of carbonyl (C=O) groups excluding carboxylic acids is 2. The van der Waals surface area contributed by atoms with Crippen molar-refractivity contribution in [3.63, 3.8) is 0 Å². The molecule has 0 saturated heterocycles. The van der Waals surface area contributed by atoms with Crippen LogP contribution >= 0.6 is 0 Å². The lowest BCUT2D eigenvalue weighted by molar-refractivity contribution is -0.138. The topological polar surface area (TPSA) is 67.9 Å². The third kappa shape index (κ3) is 4.82. The number of benzene rings is 2.